The van der Waals surface area contributed by atoms with Gasteiger partial charge in [0.1, 0.15) is 35.4 Å². The second-order valence-electron chi connectivity index (χ2n) is 3.69. The highest BCUT2D eigenvalue weighted by atomic mass is 15.0. The van der Waals surface area contributed by atoms with Crippen LogP contribution < -0.4 is 0 Å². The summed E-state index contributed by atoms with van der Waals surface area (Å²) in [5.41, 5.74) is 0. The van der Waals surface area contributed by atoms with Gasteiger partial charge in [-0.3, -0.25) is 0 Å². The van der Waals surface area contributed by atoms with E-state index in [1.165, 1.54) is 6.33 Å². The van der Waals surface area contributed by atoms with Crippen molar-refractivity contribution in [2.75, 3.05) is 0 Å². The lowest BCUT2D eigenvalue weighted by Crippen LogP contribution is -2.07. The van der Waals surface area contributed by atoms with Crippen molar-refractivity contribution in [3.63, 3.8) is 0 Å². The molecule has 2 heterocycles. The molecule has 0 unspecified atom stereocenters. The minimum Gasteiger partial charge on any atom is -0.221 e. The fraction of sp³-hybridized carbons (Fsp3) is 0.455. The third-order valence-electron chi connectivity index (χ3n) is 2.21. The first-order valence-electron chi connectivity index (χ1n) is 5.52. The summed E-state index contributed by atoms with van der Waals surface area (Å²) in [7, 11) is 0. The van der Waals surface area contributed by atoms with Crippen molar-refractivity contribution in [1.29, 1.82) is 0 Å². The molecular formula is C11H14N6. The van der Waals surface area contributed by atoms with Gasteiger partial charge in [0.15, 0.2) is 0 Å². The van der Waals surface area contributed by atoms with Crippen LogP contribution >= 0.6 is 0 Å². The molecule has 0 atom stereocenters. The Kier molecular flexibility index (Phi) is 3.32. The summed E-state index contributed by atoms with van der Waals surface area (Å²) in [4.78, 5) is 25.2. The van der Waals surface area contributed by atoms with Crippen LogP contribution in [-0.4, -0.2) is 29.9 Å². The van der Waals surface area contributed by atoms with Crippen LogP contribution in [0.3, 0.4) is 0 Å². The van der Waals surface area contributed by atoms with Crippen molar-refractivity contribution in [3.05, 3.63) is 35.4 Å². The first-order valence-corrected chi connectivity index (χ1v) is 5.52. The lowest BCUT2D eigenvalue weighted by molar-refractivity contribution is 0.785. The predicted octanol–water partition coefficient (Wildman–Crippen LogP) is 0.827. The molecule has 0 N–H and O–H groups in total. The summed E-state index contributed by atoms with van der Waals surface area (Å²) < 4.78 is 0. The molecule has 88 valence electrons. The zero-order valence-corrected chi connectivity index (χ0v) is 10.2. The zero-order chi connectivity index (χ0) is 12.3. The standard InChI is InChI=1S/C11H14N6/c1-4-9-12-6-13-10(17-9)5-11-15-7(2)14-8(3)16-11/h6H,4-5H2,1-3H3. The largest absolute Gasteiger partial charge is 0.221 e. The molecule has 0 aromatic carbocycles. The Morgan fingerprint density at radius 2 is 1.47 bits per heavy atom. The first kappa shape index (κ1) is 11.5. The number of hydrogen-bond acceptors (Lipinski definition) is 6. The summed E-state index contributed by atoms with van der Waals surface area (Å²) in [5.74, 6) is 3.62. The van der Waals surface area contributed by atoms with E-state index in [2.05, 4.69) is 29.9 Å². The van der Waals surface area contributed by atoms with Crippen molar-refractivity contribution in [2.24, 2.45) is 0 Å². The highest BCUT2D eigenvalue weighted by Crippen LogP contribution is 2.01. The van der Waals surface area contributed by atoms with Gasteiger partial charge in [-0.2, -0.15) is 0 Å². The van der Waals surface area contributed by atoms with Crippen LogP contribution in [0.25, 0.3) is 0 Å². The summed E-state index contributed by atoms with van der Waals surface area (Å²) in [6.07, 6.45) is 2.84. The molecule has 0 bridgehead atoms. The summed E-state index contributed by atoms with van der Waals surface area (Å²) in [5, 5.41) is 0. The van der Waals surface area contributed by atoms with Gasteiger partial charge in [0, 0.05) is 6.42 Å². The van der Waals surface area contributed by atoms with E-state index in [4.69, 9.17) is 0 Å². The highest BCUT2D eigenvalue weighted by Gasteiger charge is 2.05. The fourth-order valence-electron chi connectivity index (χ4n) is 1.53. The Hall–Kier alpha value is -1.98. The molecule has 0 aliphatic rings. The van der Waals surface area contributed by atoms with Gasteiger partial charge in [0.05, 0.1) is 6.42 Å². The van der Waals surface area contributed by atoms with Gasteiger partial charge in [0.2, 0.25) is 0 Å². The molecule has 0 spiro atoms. The average Bonchev–Trinajstić information content (AvgIpc) is 2.28. The van der Waals surface area contributed by atoms with Crippen LogP contribution in [0.4, 0.5) is 0 Å². The molecular weight excluding hydrogens is 216 g/mol. The van der Waals surface area contributed by atoms with E-state index in [1.54, 1.807) is 0 Å². The molecule has 2 aromatic rings. The molecule has 0 amide bonds. The lowest BCUT2D eigenvalue weighted by atomic mass is 10.3. The van der Waals surface area contributed by atoms with Gasteiger partial charge in [-0.05, 0) is 13.8 Å². The topological polar surface area (TPSA) is 77.3 Å². The van der Waals surface area contributed by atoms with E-state index in [0.717, 1.165) is 23.9 Å². The third kappa shape index (κ3) is 2.99. The molecule has 0 fully saturated rings. The number of rotatable bonds is 3. The molecule has 0 aliphatic heterocycles. The lowest BCUT2D eigenvalue weighted by Gasteiger charge is -2.02. The summed E-state index contributed by atoms with van der Waals surface area (Å²) in [6, 6.07) is 0. The molecule has 0 saturated carbocycles. The number of aromatic nitrogens is 6. The average molecular weight is 230 g/mol. The maximum absolute atomic E-state index is 4.32. The Balaban J connectivity index is 2.24. The Morgan fingerprint density at radius 1 is 0.824 bits per heavy atom. The minimum atomic E-state index is 0.514. The monoisotopic (exact) mass is 230 g/mol. The van der Waals surface area contributed by atoms with Crippen LogP contribution in [0.15, 0.2) is 6.33 Å². The van der Waals surface area contributed by atoms with Crippen LogP contribution in [-0.2, 0) is 12.8 Å². The van der Waals surface area contributed by atoms with E-state index in [9.17, 15) is 0 Å². The van der Waals surface area contributed by atoms with E-state index >= 15 is 0 Å². The third-order valence-corrected chi connectivity index (χ3v) is 2.21. The van der Waals surface area contributed by atoms with Gasteiger partial charge >= 0.3 is 0 Å². The maximum Gasteiger partial charge on any atom is 0.140 e. The van der Waals surface area contributed by atoms with Crippen LogP contribution in [0.2, 0.25) is 0 Å². The molecule has 0 radical (unpaired) electrons. The normalized spacial score (nSPS) is 10.5. The summed E-state index contributed by atoms with van der Waals surface area (Å²) >= 11 is 0. The first-order chi connectivity index (χ1) is 8.17. The Morgan fingerprint density at radius 3 is 2.12 bits per heavy atom. The molecule has 6 heteroatoms. The maximum atomic E-state index is 4.32. The molecule has 17 heavy (non-hydrogen) atoms. The number of aryl methyl sites for hydroxylation is 3. The van der Waals surface area contributed by atoms with Crippen LogP contribution in [0, 0.1) is 13.8 Å². The van der Waals surface area contributed by atoms with Gasteiger partial charge in [-0.15, -0.1) is 0 Å². The molecule has 6 nitrogen and oxygen atoms in total. The van der Waals surface area contributed by atoms with E-state index in [0.29, 0.717) is 18.1 Å². The Bertz CT molecular complexity index is 505. The van der Waals surface area contributed by atoms with Gasteiger partial charge in [-0.25, -0.2) is 29.9 Å². The smallest absolute Gasteiger partial charge is 0.140 e. The van der Waals surface area contributed by atoms with E-state index in [1.807, 2.05) is 20.8 Å². The van der Waals surface area contributed by atoms with Gasteiger partial charge in [-0.1, -0.05) is 6.92 Å². The fourth-order valence-corrected chi connectivity index (χ4v) is 1.53. The SMILES string of the molecule is CCc1ncnc(Cc2nc(C)nc(C)n2)n1. The van der Waals surface area contributed by atoms with Crippen LogP contribution in [0.1, 0.15) is 36.0 Å². The molecule has 2 aromatic heterocycles. The second-order valence-corrected chi connectivity index (χ2v) is 3.69. The predicted molar refractivity (Wildman–Crippen MR) is 61.3 cm³/mol. The molecule has 0 saturated heterocycles. The van der Waals surface area contributed by atoms with Crippen molar-refractivity contribution in [1.82, 2.24) is 29.9 Å². The van der Waals surface area contributed by atoms with E-state index < -0.39 is 0 Å². The quantitative estimate of drug-likeness (QED) is 0.777. The van der Waals surface area contributed by atoms with Gasteiger partial charge in [0.25, 0.3) is 0 Å². The van der Waals surface area contributed by atoms with Crippen LogP contribution in [0.5, 0.6) is 0 Å². The zero-order valence-electron chi connectivity index (χ0n) is 10.2. The van der Waals surface area contributed by atoms with Crippen molar-refractivity contribution < 1.29 is 0 Å². The van der Waals surface area contributed by atoms with Gasteiger partial charge < -0.3 is 0 Å². The molecule has 0 aliphatic carbocycles. The Labute approximate surface area is 99.6 Å². The summed E-state index contributed by atoms with van der Waals surface area (Å²) in [6.45, 7) is 5.71. The molecule has 2 rings (SSSR count). The van der Waals surface area contributed by atoms with Crippen molar-refractivity contribution in [3.8, 4) is 0 Å². The number of nitrogens with zero attached hydrogens (tertiary/aromatic N) is 6. The highest BCUT2D eigenvalue weighted by molar-refractivity contribution is 5.03. The second kappa shape index (κ2) is 4.90. The number of hydrogen-bond donors (Lipinski definition) is 0. The minimum absolute atomic E-state index is 0.514. The van der Waals surface area contributed by atoms with Crippen molar-refractivity contribution in [2.45, 2.75) is 33.6 Å². The van der Waals surface area contributed by atoms with E-state index in [-0.39, 0.29) is 0 Å². The van der Waals surface area contributed by atoms with Crippen molar-refractivity contribution >= 4 is 0 Å².